The number of aromatic nitrogens is 5. The zero-order valence-electron chi connectivity index (χ0n) is 15.8. The molecule has 8 nitrogen and oxygen atoms in total. The lowest BCUT2D eigenvalue weighted by atomic mass is 10.2. The van der Waals surface area contributed by atoms with Crippen LogP contribution in [-0.4, -0.2) is 50.7 Å². The largest absolute Gasteiger partial charge is 0.369 e. The molecule has 0 radical (unpaired) electrons. The molecule has 4 heterocycles. The number of piperazine rings is 1. The lowest BCUT2D eigenvalue weighted by Gasteiger charge is -2.29. The Bertz CT molecular complexity index is 1170. The van der Waals surface area contributed by atoms with E-state index in [-0.39, 0.29) is 0 Å². The molecule has 144 valence electrons. The summed E-state index contributed by atoms with van der Waals surface area (Å²) in [5.41, 5.74) is 4.67. The van der Waals surface area contributed by atoms with Crippen LogP contribution in [0.15, 0.2) is 24.5 Å². The van der Waals surface area contributed by atoms with E-state index in [4.69, 9.17) is 11.6 Å². The number of hydrogen-bond donors (Lipinski definition) is 3. The predicted molar refractivity (Wildman–Crippen MR) is 112 cm³/mol. The summed E-state index contributed by atoms with van der Waals surface area (Å²) >= 11 is 6.65. The van der Waals surface area contributed by atoms with E-state index in [9.17, 15) is 0 Å². The second-order valence-corrected chi connectivity index (χ2v) is 7.52. The fourth-order valence-corrected chi connectivity index (χ4v) is 4.05. The van der Waals surface area contributed by atoms with Gasteiger partial charge in [0, 0.05) is 38.1 Å². The Morgan fingerprint density at radius 2 is 1.93 bits per heavy atom. The molecule has 0 saturated carbocycles. The van der Waals surface area contributed by atoms with Gasteiger partial charge in [-0.15, -0.1) is 0 Å². The number of rotatable bonds is 3. The van der Waals surface area contributed by atoms with Crippen molar-refractivity contribution in [2.24, 2.45) is 0 Å². The number of aromatic amines is 1. The average molecular weight is 397 g/mol. The van der Waals surface area contributed by atoms with Gasteiger partial charge in [-0.1, -0.05) is 11.6 Å². The Morgan fingerprint density at radius 3 is 2.75 bits per heavy atom. The van der Waals surface area contributed by atoms with Crippen LogP contribution >= 0.6 is 11.6 Å². The van der Waals surface area contributed by atoms with Gasteiger partial charge in [-0.2, -0.15) is 5.10 Å². The van der Waals surface area contributed by atoms with E-state index in [0.717, 1.165) is 59.8 Å². The number of aryl methyl sites for hydroxylation is 2. The van der Waals surface area contributed by atoms with E-state index >= 15 is 0 Å². The van der Waals surface area contributed by atoms with Gasteiger partial charge in [0.2, 0.25) is 0 Å². The van der Waals surface area contributed by atoms with Crippen LogP contribution in [0, 0.1) is 13.8 Å². The maximum Gasteiger partial charge on any atom is 0.162 e. The molecule has 0 atom stereocenters. The second kappa shape index (κ2) is 6.65. The number of H-pyrrole nitrogens is 1. The zero-order valence-corrected chi connectivity index (χ0v) is 16.5. The summed E-state index contributed by atoms with van der Waals surface area (Å²) in [5.74, 6) is 1.35. The van der Waals surface area contributed by atoms with Crippen molar-refractivity contribution in [1.29, 1.82) is 0 Å². The van der Waals surface area contributed by atoms with E-state index in [2.05, 4.69) is 41.8 Å². The highest BCUT2D eigenvalue weighted by Gasteiger charge is 2.17. The van der Waals surface area contributed by atoms with Crippen LogP contribution in [0.2, 0.25) is 5.02 Å². The molecule has 0 bridgehead atoms. The molecular weight excluding hydrogens is 376 g/mol. The molecule has 0 spiro atoms. The Hall–Kier alpha value is -2.84. The third kappa shape index (κ3) is 2.94. The number of nitrogens with zero attached hydrogens (tertiary/aromatic N) is 5. The van der Waals surface area contributed by atoms with Gasteiger partial charge in [-0.25, -0.2) is 9.97 Å². The summed E-state index contributed by atoms with van der Waals surface area (Å²) in [6.45, 7) is 7.81. The minimum atomic E-state index is 0.662. The van der Waals surface area contributed by atoms with Crippen molar-refractivity contribution in [3.63, 3.8) is 0 Å². The van der Waals surface area contributed by atoms with Crippen molar-refractivity contribution < 1.29 is 0 Å². The minimum absolute atomic E-state index is 0.662. The fourth-order valence-electron chi connectivity index (χ4n) is 3.74. The number of nitrogens with one attached hydrogen (secondary N) is 3. The van der Waals surface area contributed by atoms with Gasteiger partial charge in [0.15, 0.2) is 11.5 Å². The Kier molecular flexibility index (Phi) is 4.10. The summed E-state index contributed by atoms with van der Waals surface area (Å²) in [6.07, 6.45) is 3.89. The number of imidazole rings is 1. The smallest absolute Gasteiger partial charge is 0.162 e. The highest BCUT2D eigenvalue weighted by molar-refractivity contribution is 6.36. The minimum Gasteiger partial charge on any atom is -0.369 e. The normalized spacial score (nSPS) is 14.9. The Labute approximate surface area is 166 Å². The second-order valence-electron chi connectivity index (χ2n) is 7.11. The highest BCUT2D eigenvalue weighted by Crippen LogP contribution is 2.34. The Morgan fingerprint density at radius 1 is 1.11 bits per heavy atom. The molecule has 1 aliphatic rings. The summed E-state index contributed by atoms with van der Waals surface area (Å²) in [4.78, 5) is 11.4. The molecule has 3 N–H and O–H groups in total. The van der Waals surface area contributed by atoms with Crippen molar-refractivity contribution >= 4 is 45.5 Å². The van der Waals surface area contributed by atoms with Crippen molar-refractivity contribution in [2.45, 2.75) is 13.8 Å². The molecule has 0 aliphatic carbocycles. The first-order chi connectivity index (χ1) is 13.6. The molecule has 1 aliphatic heterocycles. The van der Waals surface area contributed by atoms with Gasteiger partial charge >= 0.3 is 0 Å². The van der Waals surface area contributed by atoms with Gasteiger partial charge in [-0.05, 0) is 26.0 Å². The van der Waals surface area contributed by atoms with E-state index in [0.29, 0.717) is 16.7 Å². The molecular formula is C19H21ClN8. The Balaban J connectivity index is 1.51. The van der Waals surface area contributed by atoms with Crippen molar-refractivity contribution in [3.05, 3.63) is 40.9 Å². The number of halogens is 1. The fraction of sp³-hybridized carbons (Fsp3) is 0.316. The summed E-state index contributed by atoms with van der Waals surface area (Å²) in [6, 6.07) is 4.11. The number of benzene rings is 1. The van der Waals surface area contributed by atoms with Gasteiger partial charge in [-0.3, -0.25) is 5.10 Å². The van der Waals surface area contributed by atoms with Crippen molar-refractivity contribution in [1.82, 2.24) is 29.9 Å². The molecule has 1 aromatic carbocycles. The van der Waals surface area contributed by atoms with Crippen LogP contribution in [0.25, 0.3) is 16.6 Å². The van der Waals surface area contributed by atoms with Crippen LogP contribution in [0.4, 0.5) is 17.3 Å². The van der Waals surface area contributed by atoms with E-state index in [1.54, 1.807) is 0 Å². The third-order valence-electron chi connectivity index (χ3n) is 5.05. The van der Waals surface area contributed by atoms with Gasteiger partial charge in [0.25, 0.3) is 0 Å². The molecule has 1 saturated heterocycles. The van der Waals surface area contributed by atoms with Crippen LogP contribution < -0.4 is 15.5 Å². The molecule has 0 unspecified atom stereocenters. The monoisotopic (exact) mass is 396 g/mol. The molecule has 4 aromatic rings. The maximum absolute atomic E-state index is 6.65. The first kappa shape index (κ1) is 17.3. The van der Waals surface area contributed by atoms with Gasteiger partial charge in [0.05, 0.1) is 33.5 Å². The average Bonchev–Trinajstić information content (AvgIpc) is 3.26. The zero-order chi connectivity index (χ0) is 19.3. The van der Waals surface area contributed by atoms with E-state index < -0.39 is 0 Å². The first-order valence-electron chi connectivity index (χ1n) is 9.32. The number of fused-ring (bicyclic) bond motifs is 2. The SMILES string of the molecule is Cc1cn2cc(Nc3n[nH]c4cc(N5CCNCC5)cc(Cl)c34)nc(C)c2n1. The van der Waals surface area contributed by atoms with Crippen molar-refractivity contribution in [2.75, 3.05) is 36.4 Å². The predicted octanol–water partition coefficient (Wildman–Crippen LogP) is 3.03. The van der Waals surface area contributed by atoms with Crippen LogP contribution in [0.3, 0.4) is 0 Å². The third-order valence-corrected chi connectivity index (χ3v) is 5.35. The summed E-state index contributed by atoms with van der Waals surface area (Å²) < 4.78 is 1.97. The van der Waals surface area contributed by atoms with Crippen molar-refractivity contribution in [3.8, 4) is 0 Å². The lowest BCUT2D eigenvalue weighted by molar-refractivity contribution is 0.589. The molecule has 1 fully saturated rings. The van der Waals surface area contributed by atoms with Crippen LogP contribution in [-0.2, 0) is 0 Å². The van der Waals surface area contributed by atoms with E-state index in [1.165, 1.54) is 0 Å². The quantitative estimate of drug-likeness (QED) is 0.493. The van der Waals surface area contributed by atoms with Gasteiger partial charge in [0.1, 0.15) is 5.82 Å². The molecule has 9 heteroatoms. The maximum atomic E-state index is 6.65. The lowest BCUT2D eigenvalue weighted by Crippen LogP contribution is -2.43. The molecule has 28 heavy (non-hydrogen) atoms. The highest BCUT2D eigenvalue weighted by atomic mass is 35.5. The molecule has 5 rings (SSSR count). The molecule has 3 aromatic heterocycles. The summed E-state index contributed by atoms with van der Waals surface area (Å²) in [7, 11) is 0. The number of hydrogen-bond acceptors (Lipinski definition) is 6. The molecule has 0 amide bonds. The van der Waals surface area contributed by atoms with E-state index in [1.807, 2.05) is 36.7 Å². The topological polar surface area (TPSA) is 86.2 Å². The number of anilines is 3. The van der Waals surface area contributed by atoms with Gasteiger partial charge < -0.3 is 19.9 Å². The first-order valence-corrected chi connectivity index (χ1v) is 9.69. The van der Waals surface area contributed by atoms with Crippen LogP contribution in [0.5, 0.6) is 0 Å². The standard InChI is InChI=1S/C19H21ClN8/c1-11-9-28-10-16(23-12(2)19(28)22-11)24-18-17-14(20)7-13(8-15(17)25-26-18)27-5-3-21-4-6-27/h7-10,21H,3-6H2,1-2H3,(H2,24,25,26). The van der Waals surface area contributed by atoms with Crippen LogP contribution in [0.1, 0.15) is 11.4 Å². The summed E-state index contributed by atoms with van der Waals surface area (Å²) in [5, 5.41) is 15.7.